The number of H-pyrrole nitrogens is 1. The molecule has 0 aliphatic carbocycles. The summed E-state index contributed by atoms with van der Waals surface area (Å²) in [5, 5.41) is 22.2. The first-order valence-electron chi connectivity index (χ1n) is 10.2. The van der Waals surface area contributed by atoms with Crippen LogP contribution in [0.2, 0.25) is 5.02 Å². The molecule has 0 saturated carbocycles. The molecule has 174 valence electrons. The van der Waals surface area contributed by atoms with Crippen molar-refractivity contribution in [2.75, 3.05) is 5.32 Å². The minimum absolute atomic E-state index is 0.216. The largest absolute Gasteiger partial charge is 0.378 e. The monoisotopic (exact) mass is 476 g/mol. The lowest BCUT2D eigenvalue weighted by Gasteiger charge is -2.17. The molecule has 0 saturated heterocycles. The molecule has 2 aromatic carbocycles. The van der Waals surface area contributed by atoms with Crippen LogP contribution in [0.25, 0.3) is 0 Å². The highest BCUT2D eigenvalue weighted by Gasteiger charge is 2.24. The van der Waals surface area contributed by atoms with Crippen LogP contribution in [0.5, 0.6) is 0 Å². The Balaban J connectivity index is 1.56. The van der Waals surface area contributed by atoms with Gasteiger partial charge in [0.2, 0.25) is 5.91 Å². The average molecular weight is 477 g/mol. The van der Waals surface area contributed by atoms with E-state index in [0.29, 0.717) is 23.5 Å². The standard InChI is InChI=1S/C23H23ClF2N4O3/c1-12(14-8-15(25)10-16(26)9-14)7-17-11-20(30-29-17)28-22(32)13(2)27-23(33)21(31)18-5-3-4-6-19(18)24/h3-6,8-13,21,31H,7H2,1-2H3,(H,27,33)(H2,28,29,30,32). The molecular formula is C23H23ClF2N4O3. The Bertz CT molecular complexity index is 1130. The van der Waals surface area contributed by atoms with Crippen LogP contribution in [0.15, 0.2) is 48.5 Å². The number of aliphatic hydroxyl groups is 1. The lowest BCUT2D eigenvalue weighted by Crippen LogP contribution is -2.43. The van der Waals surface area contributed by atoms with E-state index in [1.54, 1.807) is 24.3 Å². The number of aromatic amines is 1. The van der Waals surface area contributed by atoms with E-state index in [-0.39, 0.29) is 16.5 Å². The average Bonchev–Trinajstić information content (AvgIpc) is 3.19. The number of aromatic nitrogens is 2. The highest BCUT2D eigenvalue weighted by molar-refractivity contribution is 6.31. The molecule has 0 aliphatic rings. The summed E-state index contributed by atoms with van der Waals surface area (Å²) in [6.07, 6.45) is -1.15. The number of aliphatic hydroxyl groups excluding tert-OH is 1. The number of benzene rings is 2. The van der Waals surface area contributed by atoms with Crippen molar-refractivity contribution in [2.24, 2.45) is 0 Å². The Kier molecular flexibility index (Phi) is 7.78. The van der Waals surface area contributed by atoms with E-state index in [1.165, 1.54) is 25.1 Å². The summed E-state index contributed by atoms with van der Waals surface area (Å²) in [4.78, 5) is 24.7. The molecular weight excluding hydrogens is 454 g/mol. The quantitative estimate of drug-likeness (QED) is 0.396. The smallest absolute Gasteiger partial charge is 0.254 e. The molecule has 10 heteroatoms. The van der Waals surface area contributed by atoms with Crippen LogP contribution in [0.1, 0.15) is 42.7 Å². The van der Waals surface area contributed by atoms with Gasteiger partial charge >= 0.3 is 0 Å². The SMILES string of the molecule is CC(NC(=O)C(O)c1ccccc1Cl)C(=O)Nc1cc(CC(C)c2cc(F)cc(F)c2)n[nH]1. The lowest BCUT2D eigenvalue weighted by molar-refractivity contribution is -0.132. The van der Waals surface area contributed by atoms with Crippen LogP contribution in [0.4, 0.5) is 14.6 Å². The molecule has 7 nitrogen and oxygen atoms in total. The van der Waals surface area contributed by atoms with Gasteiger partial charge in [0, 0.05) is 22.7 Å². The van der Waals surface area contributed by atoms with E-state index in [0.717, 1.165) is 6.07 Å². The van der Waals surface area contributed by atoms with Gasteiger partial charge in [0.25, 0.3) is 5.91 Å². The molecule has 0 aliphatic heterocycles. The normalized spacial score (nSPS) is 13.8. The fourth-order valence-corrected chi connectivity index (χ4v) is 3.50. The van der Waals surface area contributed by atoms with E-state index in [9.17, 15) is 23.5 Å². The first-order valence-corrected chi connectivity index (χ1v) is 10.6. The van der Waals surface area contributed by atoms with Crippen molar-refractivity contribution in [3.05, 3.63) is 82.0 Å². The van der Waals surface area contributed by atoms with Gasteiger partial charge in [-0.25, -0.2) is 8.78 Å². The number of hydrogen-bond donors (Lipinski definition) is 4. The number of halogens is 3. The molecule has 4 N–H and O–H groups in total. The predicted molar refractivity (Wildman–Crippen MR) is 120 cm³/mol. The molecule has 1 aromatic heterocycles. The van der Waals surface area contributed by atoms with Gasteiger partial charge in [-0.15, -0.1) is 0 Å². The Morgan fingerprint density at radius 3 is 2.42 bits per heavy atom. The van der Waals surface area contributed by atoms with E-state index >= 15 is 0 Å². The number of carbonyl (C=O) groups is 2. The summed E-state index contributed by atoms with van der Waals surface area (Å²) >= 11 is 5.99. The lowest BCUT2D eigenvalue weighted by atomic mass is 9.96. The zero-order valence-electron chi connectivity index (χ0n) is 17.9. The maximum atomic E-state index is 13.4. The molecule has 0 bridgehead atoms. The third-order valence-corrected chi connectivity index (χ3v) is 5.40. The van der Waals surface area contributed by atoms with E-state index < -0.39 is 35.6 Å². The second-order valence-electron chi connectivity index (χ2n) is 7.72. The van der Waals surface area contributed by atoms with Gasteiger partial charge in [0.15, 0.2) is 6.10 Å². The summed E-state index contributed by atoms with van der Waals surface area (Å²) < 4.78 is 26.9. The Morgan fingerprint density at radius 2 is 1.76 bits per heavy atom. The van der Waals surface area contributed by atoms with E-state index in [1.807, 2.05) is 6.92 Å². The van der Waals surface area contributed by atoms with Crippen LogP contribution in [-0.2, 0) is 16.0 Å². The summed E-state index contributed by atoms with van der Waals surface area (Å²) in [6, 6.07) is 10.3. The zero-order valence-corrected chi connectivity index (χ0v) is 18.7. The number of hydrogen-bond acceptors (Lipinski definition) is 4. The van der Waals surface area contributed by atoms with Crippen molar-refractivity contribution in [1.29, 1.82) is 0 Å². The fraction of sp³-hybridized carbons (Fsp3) is 0.261. The number of nitrogens with one attached hydrogen (secondary N) is 3. The molecule has 3 aromatic rings. The molecule has 33 heavy (non-hydrogen) atoms. The van der Waals surface area contributed by atoms with Crippen LogP contribution in [0.3, 0.4) is 0 Å². The molecule has 0 fully saturated rings. The molecule has 3 rings (SSSR count). The van der Waals surface area contributed by atoms with Crippen LogP contribution in [0, 0.1) is 11.6 Å². The molecule has 3 atom stereocenters. The Hall–Kier alpha value is -3.30. The topological polar surface area (TPSA) is 107 Å². The maximum absolute atomic E-state index is 13.4. The Labute approximate surface area is 194 Å². The number of carbonyl (C=O) groups excluding carboxylic acids is 2. The van der Waals surface area contributed by atoms with Crippen molar-refractivity contribution >= 4 is 29.2 Å². The van der Waals surface area contributed by atoms with Crippen molar-refractivity contribution in [1.82, 2.24) is 15.5 Å². The molecule has 0 spiro atoms. The van der Waals surface area contributed by atoms with E-state index in [2.05, 4.69) is 20.8 Å². The van der Waals surface area contributed by atoms with Crippen molar-refractivity contribution in [2.45, 2.75) is 38.3 Å². The molecule has 3 unspecified atom stereocenters. The number of anilines is 1. The van der Waals surface area contributed by atoms with Gasteiger partial charge in [-0.1, -0.05) is 36.7 Å². The second kappa shape index (κ2) is 10.5. The van der Waals surface area contributed by atoms with Gasteiger partial charge in [-0.2, -0.15) is 5.10 Å². The van der Waals surface area contributed by atoms with Gasteiger partial charge in [-0.3, -0.25) is 14.7 Å². The summed E-state index contributed by atoms with van der Waals surface area (Å²) in [5.74, 6) is -2.53. The summed E-state index contributed by atoms with van der Waals surface area (Å²) in [6.45, 7) is 3.27. The van der Waals surface area contributed by atoms with Gasteiger partial charge in [0.05, 0.1) is 5.69 Å². The maximum Gasteiger partial charge on any atom is 0.254 e. The highest BCUT2D eigenvalue weighted by Crippen LogP contribution is 2.24. The van der Waals surface area contributed by atoms with E-state index in [4.69, 9.17) is 11.6 Å². The summed E-state index contributed by atoms with van der Waals surface area (Å²) in [5.41, 5.74) is 1.30. The zero-order chi connectivity index (χ0) is 24.1. The van der Waals surface area contributed by atoms with Gasteiger partial charge in [-0.05, 0) is 43.0 Å². The number of amides is 2. The van der Waals surface area contributed by atoms with Crippen molar-refractivity contribution < 1.29 is 23.5 Å². The van der Waals surface area contributed by atoms with Crippen molar-refractivity contribution in [3.63, 3.8) is 0 Å². The molecule has 1 heterocycles. The van der Waals surface area contributed by atoms with Gasteiger partial charge in [0.1, 0.15) is 23.5 Å². The summed E-state index contributed by atoms with van der Waals surface area (Å²) in [7, 11) is 0. The fourth-order valence-electron chi connectivity index (χ4n) is 3.26. The third kappa shape index (κ3) is 6.36. The molecule has 0 radical (unpaired) electrons. The molecule has 2 amide bonds. The second-order valence-corrected chi connectivity index (χ2v) is 8.13. The minimum Gasteiger partial charge on any atom is -0.378 e. The van der Waals surface area contributed by atoms with Gasteiger partial charge < -0.3 is 15.7 Å². The first-order chi connectivity index (χ1) is 15.6. The highest BCUT2D eigenvalue weighted by atomic mass is 35.5. The minimum atomic E-state index is -1.53. The van der Waals surface area contributed by atoms with Crippen LogP contribution >= 0.6 is 11.6 Å². The third-order valence-electron chi connectivity index (χ3n) is 5.06. The predicted octanol–water partition coefficient (Wildman–Crippen LogP) is 3.86. The van der Waals surface area contributed by atoms with Crippen LogP contribution < -0.4 is 10.6 Å². The number of nitrogens with zero attached hydrogens (tertiary/aromatic N) is 1. The van der Waals surface area contributed by atoms with Crippen molar-refractivity contribution in [3.8, 4) is 0 Å². The first kappa shape index (κ1) is 24.3. The number of rotatable bonds is 8. The van der Waals surface area contributed by atoms with Crippen LogP contribution in [-0.4, -0.2) is 33.2 Å². The Morgan fingerprint density at radius 1 is 1.09 bits per heavy atom.